The van der Waals surface area contributed by atoms with Gasteiger partial charge in [-0.3, -0.25) is 9.59 Å². The molecule has 2 unspecified atom stereocenters. The van der Waals surface area contributed by atoms with Gasteiger partial charge in [-0.15, -0.1) is 6.58 Å². The van der Waals surface area contributed by atoms with Gasteiger partial charge in [0.2, 0.25) is 0 Å². The highest BCUT2D eigenvalue weighted by Crippen LogP contribution is 2.42. The minimum absolute atomic E-state index is 0.0508. The van der Waals surface area contributed by atoms with Crippen molar-refractivity contribution in [3.63, 3.8) is 0 Å². The van der Waals surface area contributed by atoms with Crippen LogP contribution in [0.5, 0.6) is 0 Å². The third-order valence-corrected chi connectivity index (χ3v) is 6.22. The Kier molecular flexibility index (Phi) is 7.89. The van der Waals surface area contributed by atoms with Crippen LogP contribution in [0, 0.1) is 5.92 Å². The molecule has 0 aliphatic heterocycles. The van der Waals surface area contributed by atoms with E-state index in [1.165, 1.54) is 61.7 Å². The summed E-state index contributed by atoms with van der Waals surface area (Å²) < 4.78 is 45.9. The summed E-state index contributed by atoms with van der Waals surface area (Å²) >= 11 is 0. The molecule has 36 heavy (non-hydrogen) atoms. The number of rotatable bonds is 9. The average Bonchev–Trinajstić information content (AvgIpc) is 2.82. The lowest BCUT2D eigenvalue weighted by Gasteiger charge is -2.37. The van der Waals surface area contributed by atoms with Crippen LogP contribution in [0.25, 0.3) is 11.1 Å². The van der Waals surface area contributed by atoms with Gasteiger partial charge in [0.15, 0.2) is 5.78 Å². The van der Waals surface area contributed by atoms with Crippen LogP contribution in [0.15, 0.2) is 84.2 Å². The average molecular weight is 501 g/mol. The predicted molar refractivity (Wildman–Crippen MR) is 129 cm³/mol. The molecule has 0 spiro atoms. The summed E-state index contributed by atoms with van der Waals surface area (Å²) in [4.78, 5) is 25.4. The standard InChI is InChI=1S/C28H27F3O5/c1-17(2)11-12-22-25(36-3)14-13-23(26(33)34)27(22,35)16-24(32)19-8-6-7-18(15-19)20-9-4-5-10-21(20)28(29,30)31/h4-10,13-15,23,35H,1,11-12,16H2,2-3H3,(H,33,34). The normalized spacial score (nSPS) is 19.8. The molecule has 1 aliphatic rings. The summed E-state index contributed by atoms with van der Waals surface area (Å²) in [5.74, 6) is -3.10. The zero-order valence-corrected chi connectivity index (χ0v) is 19.9. The molecular weight excluding hydrogens is 473 g/mol. The van der Waals surface area contributed by atoms with E-state index in [1.54, 1.807) is 6.92 Å². The van der Waals surface area contributed by atoms with Crippen molar-refractivity contribution in [3.8, 4) is 11.1 Å². The molecule has 1 aliphatic carbocycles. The molecule has 0 bridgehead atoms. The van der Waals surface area contributed by atoms with E-state index < -0.39 is 41.4 Å². The lowest BCUT2D eigenvalue weighted by Crippen LogP contribution is -2.47. The SMILES string of the molecule is C=C(C)CCC1=C(OC)C=CC(C(=O)O)C1(O)CC(=O)c1cccc(-c2ccccc2C(F)(F)F)c1. The van der Waals surface area contributed by atoms with Gasteiger partial charge < -0.3 is 14.9 Å². The van der Waals surface area contributed by atoms with Crippen LogP contribution in [0.2, 0.25) is 0 Å². The number of aliphatic carboxylic acids is 1. The summed E-state index contributed by atoms with van der Waals surface area (Å²) in [6.07, 6.45) is -1.81. The molecule has 190 valence electrons. The molecule has 2 atom stereocenters. The zero-order valence-electron chi connectivity index (χ0n) is 19.9. The largest absolute Gasteiger partial charge is 0.497 e. The number of hydrogen-bond donors (Lipinski definition) is 2. The van der Waals surface area contributed by atoms with E-state index >= 15 is 0 Å². The summed E-state index contributed by atoms with van der Waals surface area (Å²) in [6.45, 7) is 5.62. The first-order valence-electron chi connectivity index (χ1n) is 11.2. The molecule has 8 heteroatoms. The van der Waals surface area contributed by atoms with Crippen molar-refractivity contribution in [3.05, 3.63) is 95.3 Å². The van der Waals surface area contributed by atoms with Gasteiger partial charge >= 0.3 is 12.1 Å². The molecule has 0 fully saturated rings. The second-order valence-corrected chi connectivity index (χ2v) is 8.83. The fourth-order valence-corrected chi connectivity index (χ4v) is 4.41. The molecule has 2 N–H and O–H groups in total. The van der Waals surface area contributed by atoms with E-state index in [9.17, 15) is 33.0 Å². The molecule has 3 rings (SSSR count). The van der Waals surface area contributed by atoms with Crippen molar-refractivity contribution in [2.75, 3.05) is 7.11 Å². The number of Topliss-reactive ketones (excluding diaryl/α,β-unsaturated/α-hetero) is 1. The van der Waals surface area contributed by atoms with Gasteiger partial charge in [0.25, 0.3) is 0 Å². The van der Waals surface area contributed by atoms with Gasteiger partial charge in [-0.25, -0.2) is 0 Å². The molecule has 2 aromatic rings. The van der Waals surface area contributed by atoms with Crippen LogP contribution in [0.4, 0.5) is 13.2 Å². The van der Waals surface area contributed by atoms with Crippen LogP contribution in [0.3, 0.4) is 0 Å². The molecule has 5 nitrogen and oxygen atoms in total. The Labute approximate surface area is 207 Å². The van der Waals surface area contributed by atoms with Crippen LogP contribution < -0.4 is 0 Å². The summed E-state index contributed by atoms with van der Waals surface area (Å²) in [6, 6.07) is 10.7. The van der Waals surface area contributed by atoms with Gasteiger partial charge in [-0.1, -0.05) is 48.0 Å². The Morgan fingerprint density at radius 1 is 1.14 bits per heavy atom. The molecule has 0 radical (unpaired) electrons. The Balaban J connectivity index is 2.03. The number of carboxylic acids is 1. The van der Waals surface area contributed by atoms with E-state index in [4.69, 9.17) is 4.74 Å². The minimum atomic E-state index is -4.59. The molecule has 2 aromatic carbocycles. The number of alkyl halides is 3. The second kappa shape index (κ2) is 10.5. The van der Waals surface area contributed by atoms with E-state index in [2.05, 4.69) is 6.58 Å². The Morgan fingerprint density at radius 2 is 1.83 bits per heavy atom. The molecule has 0 heterocycles. The monoisotopic (exact) mass is 500 g/mol. The van der Waals surface area contributed by atoms with Crippen molar-refractivity contribution < 1.29 is 37.7 Å². The van der Waals surface area contributed by atoms with Crippen LogP contribution >= 0.6 is 0 Å². The maximum Gasteiger partial charge on any atom is 0.417 e. The minimum Gasteiger partial charge on any atom is -0.497 e. The van der Waals surface area contributed by atoms with Crippen LogP contribution in [0.1, 0.15) is 42.1 Å². The number of ketones is 1. The highest BCUT2D eigenvalue weighted by molar-refractivity contribution is 5.99. The number of carbonyl (C=O) groups excluding carboxylic acids is 1. The quantitative estimate of drug-likeness (QED) is 0.316. The van der Waals surface area contributed by atoms with Crippen LogP contribution in [-0.2, 0) is 15.7 Å². The number of aliphatic hydroxyl groups is 1. The third-order valence-electron chi connectivity index (χ3n) is 6.22. The molecule has 0 amide bonds. The molecular formula is C28H27F3O5. The van der Waals surface area contributed by atoms with Crippen molar-refractivity contribution in [1.82, 2.24) is 0 Å². The number of benzene rings is 2. The summed E-state index contributed by atoms with van der Waals surface area (Å²) in [7, 11) is 1.38. The molecule has 0 saturated heterocycles. The first-order chi connectivity index (χ1) is 16.9. The number of allylic oxidation sites excluding steroid dienone is 2. The third kappa shape index (κ3) is 5.60. The smallest absolute Gasteiger partial charge is 0.417 e. The fraction of sp³-hybridized carbons (Fsp3) is 0.286. The Morgan fingerprint density at radius 3 is 2.44 bits per heavy atom. The number of carbonyl (C=O) groups is 2. The fourth-order valence-electron chi connectivity index (χ4n) is 4.41. The summed E-state index contributed by atoms with van der Waals surface area (Å²) in [5.41, 5.74) is -1.75. The highest BCUT2D eigenvalue weighted by Gasteiger charge is 2.48. The van der Waals surface area contributed by atoms with Crippen LogP contribution in [-0.4, -0.2) is 34.7 Å². The number of methoxy groups -OCH3 is 1. The van der Waals surface area contributed by atoms with E-state index in [0.717, 1.165) is 11.6 Å². The first-order valence-corrected chi connectivity index (χ1v) is 11.2. The van der Waals surface area contributed by atoms with Gasteiger partial charge in [0, 0.05) is 17.6 Å². The molecule has 0 saturated carbocycles. The highest BCUT2D eigenvalue weighted by atomic mass is 19.4. The Bertz CT molecular complexity index is 1240. The summed E-state index contributed by atoms with van der Waals surface area (Å²) in [5, 5.41) is 21.5. The van der Waals surface area contributed by atoms with Crippen molar-refractivity contribution in [2.45, 2.75) is 38.0 Å². The maximum absolute atomic E-state index is 13.5. The first kappa shape index (κ1) is 26.9. The van der Waals surface area contributed by atoms with E-state index in [-0.39, 0.29) is 34.4 Å². The van der Waals surface area contributed by atoms with E-state index in [0.29, 0.717) is 6.42 Å². The molecule has 0 aromatic heterocycles. The number of carboxylic acid groups (broad SMARTS) is 1. The van der Waals surface area contributed by atoms with Gasteiger partial charge in [-0.05, 0) is 49.1 Å². The second-order valence-electron chi connectivity index (χ2n) is 8.83. The van der Waals surface area contributed by atoms with Crippen molar-refractivity contribution >= 4 is 11.8 Å². The van der Waals surface area contributed by atoms with Gasteiger partial charge in [0.1, 0.15) is 17.3 Å². The van der Waals surface area contributed by atoms with Crippen molar-refractivity contribution in [2.24, 2.45) is 5.92 Å². The lowest BCUT2D eigenvalue weighted by molar-refractivity contribution is -0.147. The van der Waals surface area contributed by atoms with E-state index in [1.807, 2.05) is 0 Å². The number of halogens is 3. The number of ether oxygens (including phenoxy) is 1. The topological polar surface area (TPSA) is 83.8 Å². The Hall–Kier alpha value is -3.65. The van der Waals surface area contributed by atoms with Gasteiger partial charge in [-0.2, -0.15) is 13.2 Å². The maximum atomic E-state index is 13.5. The van der Waals surface area contributed by atoms with Crippen molar-refractivity contribution in [1.29, 1.82) is 0 Å². The lowest BCUT2D eigenvalue weighted by atomic mass is 9.71. The number of hydrogen-bond acceptors (Lipinski definition) is 4. The zero-order chi connectivity index (χ0) is 26.7. The predicted octanol–water partition coefficient (Wildman–Crippen LogP) is 6.20. The van der Waals surface area contributed by atoms with Gasteiger partial charge in [0.05, 0.1) is 12.7 Å².